The molecule has 17 heavy (non-hydrogen) atoms. The van der Waals surface area contributed by atoms with Gasteiger partial charge in [0.05, 0.1) is 6.04 Å². The zero-order valence-corrected chi connectivity index (χ0v) is 9.46. The van der Waals surface area contributed by atoms with Gasteiger partial charge in [-0.05, 0) is 12.0 Å². The molecule has 92 valence electrons. The van der Waals surface area contributed by atoms with Crippen molar-refractivity contribution in [1.82, 2.24) is 5.32 Å². The first-order chi connectivity index (χ1) is 8.00. The highest BCUT2D eigenvalue weighted by Gasteiger charge is 2.26. The summed E-state index contributed by atoms with van der Waals surface area (Å²) in [6.07, 6.45) is -1.34. The van der Waals surface area contributed by atoms with Gasteiger partial charge in [0.1, 0.15) is 0 Å². The Morgan fingerprint density at radius 3 is 2.35 bits per heavy atom. The summed E-state index contributed by atoms with van der Waals surface area (Å²) in [7, 11) is 0. The lowest BCUT2D eigenvalue weighted by Gasteiger charge is -2.20. The Morgan fingerprint density at radius 1 is 1.29 bits per heavy atom. The molecule has 0 aromatic heterocycles. The Balaban J connectivity index is 2.77. The SMILES string of the molecule is CC(=O)N[C@@H](Cc1ccccc1)[C@@H](O)C(=O)O. The van der Waals surface area contributed by atoms with Crippen molar-refractivity contribution in [1.29, 1.82) is 0 Å². The maximum absolute atomic E-state index is 11.0. The van der Waals surface area contributed by atoms with Gasteiger partial charge in [-0.1, -0.05) is 30.3 Å². The summed E-state index contributed by atoms with van der Waals surface area (Å²) in [5, 5.41) is 20.7. The minimum Gasteiger partial charge on any atom is -0.479 e. The van der Waals surface area contributed by atoms with Gasteiger partial charge >= 0.3 is 5.97 Å². The van der Waals surface area contributed by atoms with E-state index in [-0.39, 0.29) is 12.3 Å². The normalized spacial score (nSPS) is 13.8. The van der Waals surface area contributed by atoms with E-state index < -0.39 is 18.1 Å². The molecule has 0 saturated carbocycles. The second-order valence-electron chi connectivity index (χ2n) is 3.78. The first kappa shape index (κ1) is 13.2. The molecule has 5 heteroatoms. The van der Waals surface area contributed by atoms with E-state index in [1.165, 1.54) is 6.92 Å². The summed E-state index contributed by atoms with van der Waals surface area (Å²) in [4.78, 5) is 21.7. The van der Waals surface area contributed by atoms with E-state index in [0.717, 1.165) is 5.56 Å². The van der Waals surface area contributed by atoms with Crippen LogP contribution in [-0.4, -0.2) is 34.2 Å². The Labute approximate surface area is 99.1 Å². The molecule has 3 N–H and O–H groups in total. The fourth-order valence-electron chi connectivity index (χ4n) is 1.54. The van der Waals surface area contributed by atoms with Crippen molar-refractivity contribution in [3.63, 3.8) is 0 Å². The van der Waals surface area contributed by atoms with Crippen LogP contribution in [0.1, 0.15) is 12.5 Å². The summed E-state index contributed by atoms with van der Waals surface area (Å²) < 4.78 is 0. The van der Waals surface area contributed by atoms with Crippen LogP contribution in [0.5, 0.6) is 0 Å². The summed E-state index contributed by atoms with van der Waals surface area (Å²) in [6, 6.07) is 8.25. The minimum absolute atomic E-state index is 0.272. The largest absolute Gasteiger partial charge is 0.479 e. The molecule has 0 unspecified atom stereocenters. The summed E-state index contributed by atoms with van der Waals surface area (Å²) in [5.41, 5.74) is 0.853. The molecule has 0 aliphatic carbocycles. The van der Waals surface area contributed by atoms with Crippen LogP contribution >= 0.6 is 0 Å². The molecule has 0 saturated heterocycles. The van der Waals surface area contributed by atoms with Crippen molar-refractivity contribution < 1.29 is 19.8 Å². The van der Waals surface area contributed by atoms with E-state index in [1.807, 2.05) is 30.3 Å². The van der Waals surface area contributed by atoms with Gasteiger partial charge < -0.3 is 15.5 Å². The first-order valence-corrected chi connectivity index (χ1v) is 5.22. The lowest BCUT2D eigenvalue weighted by Crippen LogP contribution is -2.47. The molecule has 0 aliphatic heterocycles. The van der Waals surface area contributed by atoms with Crippen molar-refractivity contribution in [2.45, 2.75) is 25.5 Å². The third-order valence-corrected chi connectivity index (χ3v) is 2.32. The van der Waals surface area contributed by atoms with Crippen LogP contribution in [0.2, 0.25) is 0 Å². The van der Waals surface area contributed by atoms with Crippen molar-refractivity contribution in [3.8, 4) is 0 Å². The highest BCUT2D eigenvalue weighted by Crippen LogP contribution is 2.06. The molecule has 5 nitrogen and oxygen atoms in total. The van der Waals surface area contributed by atoms with Crippen LogP contribution in [-0.2, 0) is 16.0 Å². The average Bonchev–Trinajstić information content (AvgIpc) is 2.28. The second-order valence-corrected chi connectivity index (χ2v) is 3.78. The van der Waals surface area contributed by atoms with Crippen LogP contribution in [0.3, 0.4) is 0 Å². The summed E-state index contributed by atoms with van der Waals surface area (Å²) in [5.74, 6) is -1.72. The number of carboxylic acid groups (broad SMARTS) is 1. The lowest BCUT2D eigenvalue weighted by molar-refractivity contribution is -0.148. The molecule has 2 atom stereocenters. The number of aliphatic carboxylic acids is 1. The predicted octanol–water partition coefficient (Wildman–Crippen LogP) is 0.179. The van der Waals surface area contributed by atoms with Gasteiger partial charge in [-0.15, -0.1) is 0 Å². The molecule has 0 aliphatic rings. The van der Waals surface area contributed by atoms with E-state index in [9.17, 15) is 14.7 Å². The molecule has 1 rings (SSSR count). The molecule has 0 spiro atoms. The molecular formula is C12H15NO4. The predicted molar refractivity (Wildman–Crippen MR) is 61.4 cm³/mol. The van der Waals surface area contributed by atoms with Crippen LogP contribution in [0.25, 0.3) is 0 Å². The van der Waals surface area contributed by atoms with Gasteiger partial charge in [0, 0.05) is 6.92 Å². The number of carboxylic acids is 1. The molecule has 0 bridgehead atoms. The molecule has 0 radical (unpaired) electrons. The van der Waals surface area contributed by atoms with E-state index in [2.05, 4.69) is 5.32 Å². The maximum atomic E-state index is 11.0. The lowest BCUT2D eigenvalue weighted by atomic mass is 10.0. The topological polar surface area (TPSA) is 86.6 Å². The van der Waals surface area contributed by atoms with E-state index in [0.29, 0.717) is 0 Å². The summed E-state index contributed by atoms with van der Waals surface area (Å²) in [6.45, 7) is 1.28. The van der Waals surface area contributed by atoms with Crippen molar-refractivity contribution in [2.24, 2.45) is 0 Å². The van der Waals surface area contributed by atoms with Gasteiger partial charge in [-0.2, -0.15) is 0 Å². The number of benzene rings is 1. The quantitative estimate of drug-likeness (QED) is 0.681. The number of hydrogen-bond acceptors (Lipinski definition) is 3. The number of carbonyl (C=O) groups is 2. The molecule has 1 amide bonds. The standard InChI is InChI=1S/C12H15NO4/c1-8(14)13-10(11(15)12(16)17)7-9-5-3-2-4-6-9/h2-6,10-11,15H,7H2,1H3,(H,13,14)(H,16,17)/t10-,11+/m0/s1. The fraction of sp³-hybridized carbons (Fsp3) is 0.333. The number of amides is 1. The molecule has 1 aromatic carbocycles. The van der Waals surface area contributed by atoms with Gasteiger partial charge in [-0.25, -0.2) is 4.79 Å². The number of aliphatic hydroxyl groups excluding tert-OH is 1. The average molecular weight is 237 g/mol. The van der Waals surface area contributed by atoms with E-state index >= 15 is 0 Å². The molecule has 0 heterocycles. The van der Waals surface area contributed by atoms with Gasteiger partial charge in [0.25, 0.3) is 0 Å². The zero-order valence-electron chi connectivity index (χ0n) is 9.46. The number of rotatable bonds is 5. The number of carbonyl (C=O) groups excluding carboxylic acids is 1. The highest BCUT2D eigenvalue weighted by molar-refractivity contribution is 5.77. The first-order valence-electron chi connectivity index (χ1n) is 5.22. The van der Waals surface area contributed by atoms with Crippen LogP contribution < -0.4 is 5.32 Å². The van der Waals surface area contributed by atoms with E-state index in [1.54, 1.807) is 0 Å². The number of hydrogen-bond donors (Lipinski definition) is 3. The van der Waals surface area contributed by atoms with Crippen molar-refractivity contribution in [3.05, 3.63) is 35.9 Å². The second kappa shape index (κ2) is 6.00. The Kier molecular flexibility index (Phi) is 4.66. The zero-order chi connectivity index (χ0) is 12.8. The maximum Gasteiger partial charge on any atom is 0.334 e. The monoisotopic (exact) mass is 237 g/mol. The molecule has 0 fully saturated rings. The number of nitrogens with one attached hydrogen (secondary N) is 1. The van der Waals surface area contributed by atoms with Crippen LogP contribution in [0.15, 0.2) is 30.3 Å². The van der Waals surface area contributed by atoms with Gasteiger partial charge in [0.2, 0.25) is 5.91 Å². The van der Waals surface area contributed by atoms with Crippen molar-refractivity contribution in [2.75, 3.05) is 0 Å². The highest BCUT2D eigenvalue weighted by atomic mass is 16.4. The van der Waals surface area contributed by atoms with Crippen LogP contribution in [0, 0.1) is 0 Å². The van der Waals surface area contributed by atoms with Gasteiger partial charge in [-0.3, -0.25) is 4.79 Å². The molecular weight excluding hydrogens is 222 g/mol. The smallest absolute Gasteiger partial charge is 0.334 e. The van der Waals surface area contributed by atoms with Crippen LogP contribution in [0.4, 0.5) is 0 Å². The fourth-order valence-corrected chi connectivity index (χ4v) is 1.54. The third kappa shape index (κ3) is 4.24. The Hall–Kier alpha value is -1.88. The Bertz CT molecular complexity index is 391. The minimum atomic E-state index is -1.61. The molecule has 1 aromatic rings. The third-order valence-electron chi connectivity index (χ3n) is 2.32. The Morgan fingerprint density at radius 2 is 1.88 bits per heavy atom. The number of aliphatic hydroxyl groups is 1. The van der Waals surface area contributed by atoms with Gasteiger partial charge in [0.15, 0.2) is 6.10 Å². The van der Waals surface area contributed by atoms with Crippen molar-refractivity contribution >= 4 is 11.9 Å². The summed E-state index contributed by atoms with van der Waals surface area (Å²) >= 11 is 0. The van der Waals surface area contributed by atoms with E-state index in [4.69, 9.17) is 5.11 Å².